The van der Waals surface area contributed by atoms with E-state index in [1.165, 1.54) is 11.5 Å². The number of fused-ring (bicyclic) bond motifs is 1. The molecule has 0 bridgehead atoms. The second-order valence-corrected chi connectivity index (χ2v) is 4.16. The zero-order valence-corrected chi connectivity index (χ0v) is 8.80. The summed E-state index contributed by atoms with van der Waals surface area (Å²) in [7, 11) is 1.89. The summed E-state index contributed by atoms with van der Waals surface area (Å²) in [6.45, 7) is 1.57. The summed E-state index contributed by atoms with van der Waals surface area (Å²) in [5.74, 6) is 0. The van der Waals surface area contributed by atoms with Crippen molar-refractivity contribution in [1.82, 2.24) is 9.27 Å². The maximum absolute atomic E-state index is 11.8. The number of rotatable bonds is 3. The zero-order valence-electron chi connectivity index (χ0n) is 7.99. The third kappa shape index (κ3) is 1.58. The second-order valence-electron chi connectivity index (χ2n) is 3.10. The van der Waals surface area contributed by atoms with Crippen LogP contribution in [0, 0.1) is 0 Å². The van der Waals surface area contributed by atoms with Gasteiger partial charge in [-0.05, 0) is 19.2 Å². The fraction of sp³-hybridized carbons (Fsp3) is 0.300. The third-order valence-electron chi connectivity index (χ3n) is 2.12. The van der Waals surface area contributed by atoms with Crippen LogP contribution in [0.4, 0.5) is 0 Å². The van der Waals surface area contributed by atoms with E-state index in [0.717, 1.165) is 23.2 Å². The average Bonchev–Trinajstić information content (AvgIpc) is 2.54. The minimum absolute atomic E-state index is 0.126. The van der Waals surface area contributed by atoms with Crippen LogP contribution in [0.5, 0.6) is 0 Å². The van der Waals surface area contributed by atoms with Crippen LogP contribution in [-0.4, -0.2) is 17.5 Å². The van der Waals surface area contributed by atoms with Crippen LogP contribution in [0.15, 0.2) is 29.1 Å². The Labute approximate surface area is 86.1 Å². The van der Waals surface area contributed by atoms with Crippen molar-refractivity contribution >= 4 is 21.6 Å². The first-order valence-corrected chi connectivity index (χ1v) is 5.33. The molecule has 74 valence electrons. The topological polar surface area (TPSA) is 34.0 Å². The van der Waals surface area contributed by atoms with Crippen LogP contribution >= 0.6 is 11.5 Å². The number of benzene rings is 1. The van der Waals surface area contributed by atoms with E-state index >= 15 is 0 Å². The number of hydrogen-bond donors (Lipinski definition) is 1. The van der Waals surface area contributed by atoms with Gasteiger partial charge in [-0.3, -0.25) is 8.75 Å². The maximum atomic E-state index is 11.8. The molecule has 1 aromatic carbocycles. The highest BCUT2D eigenvalue weighted by Crippen LogP contribution is 2.15. The van der Waals surface area contributed by atoms with E-state index in [4.69, 9.17) is 0 Å². The van der Waals surface area contributed by atoms with E-state index in [1.807, 2.05) is 31.3 Å². The molecule has 0 atom stereocenters. The molecule has 0 spiro atoms. The molecule has 1 aromatic heterocycles. The molecule has 2 rings (SSSR count). The molecular weight excluding hydrogens is 196 g/mol. The Kier molecular flexibility index (Phi) is 2.65. The van der Waals surface area contributed by atoms with Crippen LogP contribution in [0.1, 0.15) is 0 Å². The standard InChI is InChI=1S/C10H12N2OS/c1-11-6-7-12-10(13)8-4-2-3-5-9(8)14-12/h2-5,11H,6-7H2,1H3. The molecule has 2 aromatic rings. The summed E-state index contributed by atoms with van der Waals surface area (Å²) in [6, 6.07) is 7.72. The van der Waals surface area contributed by atoms with Crippen molar-refractivity contribution in [2.24, 2.45) is 0 Å². The fourth-order valence-electron chi connectivity index (χ4n) is 1.38. The Morgan fingerprint density at radius 2 is 2.21 bits per heavy atom. The van der Waals surface area contributed by atoms with Gasteiger partial charge in [-0.25, -0.2) is 0 Å². The molecule has 3 nitrogen and oxygen atoms in total. The molecule has 0 unspecified atom stereocenters. The molecular formula is C10H12N2OS. The summed E-state index contributed by atoms with van der Waals surface area (Å²) < 4.78 is 2.86. The minimum atomic E-state index is 0.126. The number of nitrogens with one attached hydrogen (secondary N) is 1. The van der Waals surface area contributed by atoms with E-state index in [1.54, 1.807) is 3.96 Å². The van der Waals surface area contributed by atoms with Crippen molar-refractivity contribution in [1.29, 1.82) is 0 Å². The first kappa shape index (κ1) is 9.43. The summed E-state index contributed by atoms with van der Waals surface area (Å²) >= 11 is 1.53. The Bertz CT molecular complexity index is 486. The molecule has 0 fully saturated rings. The third-order valence-corrected chi connectivity index (χ3v) is 3.24. The van der Waals surface area contributed by atoms with Crippen LogP contribution in [0.2, 0.25) is 0 Å². The summed E-state index contributed by atoms with van der Waals surface area (Å²) in [4.78, 5) is 11.8. The van der Waals surface area contributed by atoms with Gasteiger partial charge in [-0.2, -0.15) is 0 Å². The number of hydrogen-bond acceptors (Lipinski definition) is 3. The smallest absolute Gasteiger partial charge is 0.268 e. The zero-order chi connectivity index (χ0) is 9.97. The average molecular weight is 208 g/mol. The van der Waals surface area contributed by atoms with Gasteiger partial charge in [0.1, 0.15) is 0 Å². The van der Waals surface area contributed by atoms with Gasteiger partial charge in [0.05, 0.1) is 10.1 Å². The highest BCUT2D eigenvalue weighted by Gasteiger charge is 2.04. The molecule has 1 heterocycles. The first-order chi connectivity index (χ1) is 6.83. The van der Waals surface area contributed by atoms with Crippen LogP contribution < -0.4 is 10.9 Å². The predicted octanol–water partition coefficient (Wildman–Crippen LogP) is 1.28. The quantitative estimate of drug-likeness (QED) is 0.824. The normalized spacial score (nSPS) is 10.9. The van der Waals surface area contributed by atoms with Gasteiger partial charge in [-0.1, -0.05) is 23.7 Å². The van der Waals surface area contributed by atoms with Gasteiger partial charge < -0.3 is 5.32 Å². The van der Waals surface area contributed by atoms with Crippen molar-refractivity contribution in [2.45, 2.75) is 6.54 Å². The molecule has 0 radical (unpaired) electrons. The Morgan fingerprint density at radius 1 is 1.43 bits per heavy atom. The van der Waals surface area contributed by atoms with Crippen molar-refractivity contribution in [3.05, 3.63) is 34.6 Å². The molecule has 0 aliphatic heterocycles. The molecule has 0 aliphatic rings. The van der Waals surface area contributed by atoms with E-state index in [-0.39, 0.29) is 5.56 Å². The van der Waals surface area contributed by atoms with Gasteiger partial charge in [0.15, 0.2) is 0 Å². The van der Waals surface area contributed by atoms with Gasteiger partial charge in [0.2, 0.25) is 0 Å². The second kappa shape index (κ2) is 3.94. The Balaban J connectivity index is 2.47. The number of nitrogens with zero attached hydrogens (tertiary/aromatic N) is 1. The van der Waals surface area contributed by atoms with Crippen molar-refractivity contribution in [2.75, 3.05) is 13.6 Å². The molecule has 0 saturated heterocycles. The molecule has 0 saturated carbocycles. The highest BCUT2D eigenvalue weighted by molar-refractivity contribution is 7.13. The lowest BCUT2D eigenvalue weighted by Gasteiger charge is -1.97. The first-order valence-electron chi connectivity index (χ1n) is 4.56. The van der Waals surface area contributed by atoms with E-state index in [2.05, 4.69) is 5.32 Å². The molecule has 0 aliphatic carbocycles. The lowest BCUT2D eigenvalue weighted by molar-refractivity contribution is 0.672. The van der Waals surface area contributed by atoms with Crippen LogP contribution in [0.25, 0.3) is 10.1 Å². The van der Waals surface area contributed by atoms with Crippen molar-refractivity contribution < 1.29 is 0 Å². The van der Waals surface area contributed by atoms with Gasteiger partial charge in [0.25, 0.3) is 5.56 Å². The number of likely N-dealkylation sites (N-methyl/N-ethyl adjacent to an activating group) is 1. The van der Waals surface area contributed by atoms with Crippen LogP contribution in [-0.2, 0) is 6.54 Å². The summed E-state index contributed by atoms with van der Waals surface area (Å²) in [5.41, 5.74) is 0.126. The van der Waals surface area contributed by atoms with Crippen molar-refractivity contribution in [3.8, 4) is 0 Å². The van der Waals surface area contributed by atoms with Gasteiger partial charge in [0, 0.05) is 13.1 Å². The fourth-order valence-corrected chi connectivity index (χ4v) is 2.37. The molecule has 4 heteroatoms. The van der Waals surface area contributed by atoms with Crippen molar-refractivity contribution in [3.63, 3.8) is 0 Å². The van der Waals surface area contributed by atoms with E-state index in [0.29, 0.717) is 0 Å². The minimum Gasteiger partial charge on any atom is -0.318 e. The van der Waals surface area contributed by atoms with Gasteiger partial charge in [-0.15, -0.1) is 0 Å². The van der Waals surface area contributed by atoms with Gasteiger partial charge >= 0.3 is 0 Å². The highest BCUT2D eigenvalue weighted by atomic mass is 32.1. The maximum Gasteiger partial charge on any atom is 0.268 e. The lowest BCUT2D eigenvalue weighted by Crippen LogP contribution is -2.20. The lowest BCUT2D eigenvalue weighted by atomic mass is 10.3. The SMILES string of the molecule is CNCCn1sc2ccccc2c1=O. The summed E-state index contributed by atoms with van der Waals surface area (Å²) in [6.07, 6.45) is 0. The molecule has 1 N–H and O–H groups in total. The molecule has 0 amide bonds. The Morgan fingerprint density at radius 3 is 2.93 bits per heavy atom. The van der Waals surface area contributed by atoms with E-state index < -0.39 is 0 Å². The predicted molar refractivity (Wildman–Crippen MR) is 60.0 cm³/mol. The molecule has 14 heavy (non-hydrogen) atoms. The van der Waals surface area contributed by atoms with Crippen LogP contribution in [0.3, 0.4) is 0 Å². The monoisotopic (exact) mass is 208 g/mol. The summed E-state index contributed by atoms with van der Waals surface area (Å²) in [5, 5.41) is 3.86. The van der Waals surface area contributed by atoms with E-state index in [9.17, 15) is 4.79 Å². The Hall–Kier alpha value is -1.13. The number of aromatic nitrogens is 1. The largest absolute Gasteiger partial charge is 0.318 e.